The van der Waals surface area contributed by atoms with Crippen LogP contribution in [0.3, 0.4) is 0 Å². The number of hydrogen-bond donors (Lipinski definition) is 1. The number of nitrogens with zero attached hydrogens (tertiary/aromatic N) is 3. The van der Waals surface area contributed by atoms with Gasteiger partial charge in [-0.1, -0.05) is 6.92 Å². The average molecular weight is 278 g/mol. The molecule has 0 aliphatic carbocycles. The van der Waals surface area contributed by atoms with E-state index in [1.165, 1.54) is 11.4 Å². The number of aromatic nitrogens is 3. The van der Waals surface area contributed by atoms with Crippen molar-refractivity contribution in [3.8, 4) is 0 Å². The Morgan fingerprint density at radius 1 is 1.37 bits per heavy atom. The van der Waals surface area contributed by atoms with Gasteiger partial charge in [-0.25, -0.2) is 4.98 Å². The fourth-order valence-corrected chi connectivity index (χ4v) is 2.84. The number of aryl methyl sites for hydroxylation is 3. The van der Waals surface area contributed by atoms with Crippen LogP contribution in [0.15, 0.2) is 11.4 Å². The zero-order chi connectivity index (χ0) is 13.8. The van der Waals surface area contributed by atoms with E-state index in [4.69, 9.17) is 0 Å². The molecule has 0 aliphatic heterocycles. The Labute approximate surface area is 118 Å². The van der Waals surface area contributed by atoms with Crippen molar-refractivity contribution < 1.29 is 0 Å². The van der Waals surface area contributed by atoms with E-state index in [1.807, 2.05) is 18.8 Å². The monoisotopic (exact) mass is 278 g/mol. The molecule has 2 rings (SSSR count). The SMILES string of the molecule is CCc1cc(CC(Cc2csc(C)n2)NC)n(C)n1. The molecule has 0 aromatic carbocycles. The van der Waals surface area contributed by atoms with Gasteiger partial charge in [-0.15, -0.1) is 11.3 Å². The van der Waals surface area contributed by atoms with Crippen molar-refractivity contribution in [2.75, 3.05) is 7.05 Å². The van der Waals surface area contributed by atoms with Gasteiger partial charge in [0.15, 0.2) is 0 Å². The molecule has 0 amide bonds. The molecule has 2 heterocycles. The van der Waals surface area contributed by atoms with Gasteiger partial charge in [0, 0.05) is 37.0 Å². The topological polar surface area (TPSA) is 42.7 Å². The van der Waals surface area contributed by atoms with Crippen LogP contribution in [-0.2, 0) is 26.3 Å². The molecule has 0 saturated carbocycles. The molecular weight excluding hydrogens is 256 g/mol. The van der Waals surface area contributed by atoms with Crippen molar-refractivity contribution in [2.24, 2.45) is 7.05 Å². The summed E-state index contributed by atoms with van der Waals surface area (Å²) < 4.78 is 2.00. The van der Waals surface area contributed by atoms with Crippen LogP contribution in [0, 0.1) is 6.92 Å². The molecule has 0 aliphatic rings. The zero-order valence-electron chi connectivity index (χ0n) is 12.1. The van der Waals surface area contributed by atoms with Gasteiger partial charge in [0.1, 0.15) is 0 Å². The molecular formula is C14H22N4S. The maximum Gasteiger partial charge on any atom is 0.0897 e. The van der Waals surface area contributed by atoms with E-state index >= 15 is 0 Å². The van der Waals surface area contributed by atoms with E-state index in [0.717, 1.165) is 30.0 Å². The van der Waals surface area contributed by atoms with Gasteiger partial charge in [0.05, 0.1) is 16.4 Å². The molecule has 0 spiro atoms. The highest BCUT2D eigenvalue weighted by atomic mass is 32.1. The number of thiazole rings is 1. The van der Waals surface area contributed by atoms with Crippen LogP contribution in [-0.4, -0.2) is 27.9 Å². The molecule has 5 heteroatoms. The van der Waals surface area contributed by atoms with Gasteiger partial charge >= 0.3 is 0 Å². The second-order valence-electron chi connectivity index (χ2n) is 4.86. The third-order valence-electron chi connectivity index (χ3n) is 3.38. The molecule has 104 valence electrons. The second-order valence-corrected chi connectivity index (χ2v) is 5.92. The number of nitrogens with one attached hydrogen (secondary N) is 1. The summed E-state index contributed by atoms with van der Waals surface area (Å²) >= 11 is 1.72. The van der Waals surface area contributed by atoms with E-state index in [1.54, 1.807) is 11.3 Å². The van der Waals surface area contributed by atoms with E-state index in [2.05, 4.69) is 40.7 Å². The maximum absolute atomic E-state index is 4.54. The molecule has 0 saturated heterocycles. The number of hydrogen-bond acceptors (Lipinski definition) is 4. The van der Waals surface area contributed by atoms with Crippen molar-refractivity contribution in [2.45, 2.75) is 39.2 Å². The van der Waals surface area contributed by atoms with Crippen molar-refractivity contribution in [1.29, 1.82) is 0 Å². The van der Waals surface area contributed by atoms with Crippen molar-refractivity contribution >= 4 is 11.3 Å². The summed E-state index contributed by atoms with van der Waals surface area (Å²) in [6, 6.07) is 2.61. The Hall–Kier alpha value is -1.20. The predicted molar refractivity (Wildman–Crippen MR) is 79.7 cm³/mol. The minimum atomic E-state index is 0.404. The molecule has 19 heavy (non-hydrogen) atoms. The summed E-state index contributed by atoms with van der Waals surface area (Å²) in [5.41, 5.74) is 3.62. The zero-order valence-corrected chi connectivity index (χ0v) is 12.9. The van der Waals surface area contributed by atoms with Crippen LogP contribution in [0.25, 0.3) is 0 Å². The first-order chi connectivity index (χ1) is 9.12. The quantitative estimate of drug-likeness (QED) is 0.880. The van der Waals surface area contributed by atoms with Crippen molar-refractivity contribution in [1.82, 2.24) is 20.1 Å². The van der Waals surface area contributed by atoms with Crippen LogP contribution in [0.4, 0.5) is 0 Å². The lowest BCUT2D eigenvalue weighted by Gasteiger charge is -2.14. The standard InChI is InChI=1S/C14H22N4S/c1-5-11-7-14(18(4)17-11)8-12(15-3)6-13-9-19-10(2)16-13/h7,9,12,15H,5-6,8H2,1-4H3. The van der Waals surface area contributed by atoms with E-state index in [-0.39, 0.29) is 0 Å². The Balaban J connectivity index is 2.03. The molecule has 0 fully saturated rings. The number of rotatable bonds is 6. The first-order valence-corrected chi connectivity index (χ1v) is 7.60. The number of likely N-dealkylation sites (N-methyl/N-ethyl adjacent to an activating group) is 1. The molecule has 0 bridgehead atoms. The largest absolute Gasteiger partial charge is 0.316 e. The van der Waals surface area contributed by atoms with Gasteiger partial charge in [-0.3, -0.25) is 4.68 Å². The van der Waals surface area contributed by atoms with Crippen LogP contribution in [0.5, 0.6) is 0 Å². The van der Waals surface area contributed by atoms with Gasteiger partial charge in [-0.2, -0.15) is 5.10 Å². The van der Waals surface area contributed by atoms with Crippen molar-refractivity contribution in [3.05, 3.63) is 33.5 Å². The van der Waals surface area contributed by atoms with Gasteiger partial charge in [0.2, 0.25) is 0 Å². The smallest absolute Gasteiger partial charge is 0.0897 e. The maximum atomic E-state index is 4.54. The third kappa shape index (κ3) is 3.64. The summed E-state index contributed by atoms with van der Waals surface area (Å²) in [4.78, 5) is 4.54. The Morgan fingerprint density at radius 2 is 2.16 bits per heavy atom. The summed E-state index contributed by atoms with van der Waals surface area (Å²) in [5.74, 6) is 0. The molecule has 1 N–H and O–H groups in total. The minimum absolute atomic E-state index is 0.404. The van der Waals surface area contributed by atoms with Crippen LogP contribution in [0.1, 0.15) is 29.0 Å². The minimum Gasteiger partial charge on any atom is -0.316 e. The Kier molecular flexibility index (Phi) is 4.71. The highest BCUT2D eigenvalue weighted by Gasteiger charge is 2.13. The molecule has 0 radical (unpaired) electrons. The summed E-state index contributed by atoms with van der Waals surface area (Å²) in [6.07, 6.45) is 2.94. The summed E-state index contributed by atoms with van der Waals surface area (Å²) in [5, 5.41) is 11.2. The van der Waals surface area contributed by atoms with Crippen LogP contribution < -0.4 is 5.32 Å². The van der Waals surface area contributed by atoms with Crippen LogP contribution in [0.2, 0.25) is 0 Å². The normalized spacial score (nSPS) is 12.8. The van der Waals surface area contributed by atoms with Gasteiger partial charge in [0.25, 0.3) is 0 Å². The highest BCUT2D eigenvalue weighted by Crippen LogP contribution is 2.13. The third-order valence-corrected chi connectivity index (χ3v) is 4.20. The second kappa shape index (κ2) is 6.30. The highest BCUT2D eigenvalue weighted by molar-refractivity contribution is 7.09. The van der Waals surface area contributed by atoms with Crippen molar-refractivity contribution in [3.63, 3.8) is 0 Å². The van der Waals surface area contributed by atoms with Gasteiger partial charge < -0.3 is 5.32 Å². The average Bonchev–Trinajstić information content (AvgIpc) is 2.95. The predicted octanol–water partition coefficient (Wildman–Crippen LogP) is 2.12. The first-order valence-electron chi connectivity index (χ1n) is 6.72. The molecule has 2 aromatic rings. The summed E-state index contributed by atoms with van der Waals surface area (Å²) in [6.45, 7) is 4.19. The van der Waals surface area contributed by atoms with Crippen LogP contribution >= 0.6 is 11.3 Å². The van der Waals surface area contributed by atoms with E-state index in [0.29, 0.717) is 6.04 Å². The fourth-order valence-electron chi connectivity index (χ4n) is 2.22. The lowest BCUT2D eigenvalue weighted by atomic mass is 10.1. The van der Waals surface area contributed by atoms with E-state index in [9.17, 15) is 0 Å². The first kappa shape index (κ1) is 14.2. The molecule has 1 unspecified atom stereocenters. The Bertz CT molecular complexity index is 529. The Morgan fingerprint density at radius 3 is 2.68 bits per heavy atom. The molecule has 1 atom stereocenters. The lowest BCUT2D eigenvalue weighted by Crippen LogP contribution is -2.30. The van der Waals surface area contributed by atoms with Gasteiger partial charge in [-0.05, 0) is 26.5 Å². The molecule has 4 nitrogen and oxygen atoms in total. The van der Waals surface area contributed by atoms with E-state index < -0.39 is 0 Å². The summed E-state index contributed by atoms with van der Waals surface area (Å²) in [7, 11) is 4.04. The fraction of sp³-hybridized carbons (Fsp3) is 0.571. The lowest BCUT2D eigenvalue weighted by molar-refractivity contribution is 0.529. The molecule has 2 aromatic heterocycles.